The SMILES string of the molecule is CCCc1ccc(C)c2c1C=C(C)C2.[Br][Zr][Br]. The van der Waals surface area contributed by atoms with E-state index in [4.69, 9.17) is 0 Å². The van der Waals surface area contributed by atoms with Gasteiger partial charge in [-0.1, -0.05) is 37.1 Å². The second kappa shape index (κ2) is 8.07. The van der Waals surface area contributed by atoms with Crippen molar-refractivity contribution in [2.45, 2.75) is 40.0 Å². The van der Waals surface area contributed by atoms with Gasteiger partial charge in [-0.25, -0.2) is 0 Å². The first-order valence-corrected chi connectivity index (χ1v) is 17.1. The van der Waals surface area contributed by atoms with Gasteiger partial charge in [0.15, 0.2) is 0 Å². The van der Waals surface area contributed by atoms with Crippen molar-refractivity contribution in [3.63, 3.8) is 0 Å². The van der Waals surface area contributed by atoms with Crippen LogP contribution in [0.5, 0.6) is 0 Å². The van der Waals surface area contributed by atoms with E-state index in [0.717, 1.165) is 0 Å². The third-order valence-corrected chi connectivity index (χ3v) is 3.05. The van der Waals surface area contributed by atoms with Crippen LogP contribution in [-0.4, -0.2) is 0 Å². The molecule has 0 bridgehead atoms. The van der Waals surface area contributed by atoms with Gasteiger partial charge in [0.05, 0.1) is 0 Å². The molecule has 0 saturated carbocycles. The maximum atomic E-state index is 3.23. The van der Waals surface area contributed by atoms with Crippen molar-refractivity contribution in [3.8, 4) is 0 Å². The Balaban J connectivity index is 0.000000437. The van der Waals surface area contributed by atoms with Gasteiger partial charge in [0, 0.05) is 0 Å². The van der Waals surface area contributed by atoms with Crippen LogP contribution in [0.3, 0.4) is 0 Å². The topological polar surface area (TPSA) is 0 Å². The summed E-state index contributed by atoms with van der Waals surface area (Å²) in [6, 6.07) is 4.57. The molecule has 1 aromatic rings. The molecule has 1 aliphatic rings. The summed E-state index contributed by atoms with van der Waals surface area (Å²) in [6.07, 6.45) is 5.99. The number of fused-ring (bicyclic) bond motifs is 1. The van der Waals surface area contributed by atoms with Crippen LogP contribution in [0.15, 0.2) is 17.7 Å². The Morgan fingerprint density at radius 2 is 1.88 bits per heavy atom. The molecule has 1 aromatic carbocycles. The average Bonchev–Trinajstić information content (AvgIpc) is 2.67. The average molecular weight is 437 g/mol. The predicted octanol–water partition coefficient (Wildman–Crippen LogP) is 5.60. The molecule has 0 nitrogen and oxygen atoms in total. The van der Waals surface area contributed by atoms with Crippen LogP contribution in [0.1, 0.15) is 42.5 Å². The van der Waals surface area contributed by atoms with Crippen molar-refractivity contribution in [2.75, 3.05) is 0 Å². The number of benzene rings is 1. The first kappa shape index (κ1) is 15.9. The molecule has 2 rings (SSSR count). The summed E-state index contributed by atoms with van der Waals surface area (Å²) in [6.45, 7) is 6.70. The Hall–Kier alpha value is 0.803. The molecule has 0 aliphatic heterocycles. The number of allylic oxidation sites excluding steroid dienone is 1. The molecular weight excluding hydrogens is 419 g/mol. The van der Waals surface area contributed by atoms with Crippen molar-refractivity contribution in [2.24, 2.45) is 0 Å². The predicted molar refractivity (Wildman–Crippen MR) is 80.4 cm³/mol. The van der Waals surface area contributed by atoms with Gasteiger partial charge in [-0.05, 0) is 48.9 Å². The molecule has 0 N–H and O–H groups in total. The fourth-order valence-corrected chi connectivity index (χ4v) is 2.30. The summed E-state index contributed by atoms with van der Waals surface area (Å²) < 4.78 is 0. The van der Waals surface area contributed by atoms with E-state index >= 15 is 0 Å². The van der Waals surface area contributed by atoms with Crippen molar-refractivity contribution in [1.82, 2.24) is 0 Å². The third-order valence-electron chi connectivity index (χ3n) is 3.05. The second-order valence-corrected chi connectivity index (χ2v) is 15.8. The Kier molecular flexibility index (Phi) is 7.53. The first-order chi connectivity index (χ1) is 8.13. The van der Waals surface area contributed by atoms with E-state index in [9.17, 15) is 0 Å². The second-order valence-electron chi connectivity index (χ2n) is 4.42. The van der Waals surface area contributed by atoms with Crippen LogP contribution in [0, 0.1) is 6.92 Å². The fourth-order valence-electron chi connectivity index (χ4n) is 2.30. The Labute approximate surface area is 128 Å². The van der Waals surface area contributed by atoms with Gasteiger partial charge in [0.2, 0.25) is 0 Å². The number of halogens is 2. The maximum absolute atomic E-state index is 3.23. The Bertz CT molecular complexity index is 411. The Morgan fingerprint density at radius 3 is 2.47 bits per heavy atom. The van der Waals surface area contributed by atoms with Crippen LogP contribution in [0.25, 0.3) is 6.08 Å². The van der Waals surface area contributed by atoms with E-state index in [1.807, 2.05) is 0 Å². The standard InChI is InChI=1S/C14H18.2BrH.Zr/c1-4-5-12-7-6-11(3)13-8-10(2)9-14(12)13;;;/h6-7,9H,4-5,8H2,1-3H3;2*1H;/q;;;+2/p-2. The summed E-state index contributed by atoms with van der Waals surface area (Å²) in [5.41, 5.74) is 7.57. The number of rotatable bonds is 2. The van der Waals surface area contributed by atoms with Gasteiger partial charge in [-0.2, -0.15) is 0 Å². The quantitative estimate of drug-likeness (QED) is 0.566. The van der Waals surface area contributed by atoms with Crippen LogP contribution in [0.2, 0.25) is 0 Å². The molecule has 0 heterocycles. The molecule has 0 radical (unpaired) electrons. The van der Waals surface area contributed by atoms with Crippen LogP contribution in [-0.2, 0) is 31.4 Å². The van der Waals surface area contributed by atoms with Crippen molar-refractivity contribution in [1.29, 1.82) is 0 Å². The van der Waals surface area contributed by atoms with Gasteiger partial charge in [0.25, 0.3) is 0 Å². The minimum absolute atomic E-state index is 0.145. The normalized spacial score (nSPS) is 12.4. The molecule has 3 heteroatoms. The third kappa shape index (κ3) is 4.44. The van der Waals surface area contributed by atoms with Crippen molar-refractivity contribution < 1.29 is 18.5 Å². The molecule has 0 atom stereocenters. The molecule has 17 heavy (non-hydrogen) atoms. The van der Waals surface area contributed by atoms with Gasteiger partial charge in [-0.3, -0.25) is 0 Å². The molecular formula is C14H18Br2Zr. The van der Waals surface area contributed by atoms with Crippen LogP contribution in [0.4, 0.5) is 0 Å². The van der Waals surface area contributed by atoms with Gasteiger partial charge in [0.1, 0.15) is 0 Å². The van der Waals surface area contributed by atoms with E-state index < -0.39 is 0 Å². The van der Waals surface area contributed by atoms with Crippen molar-refractivity contribution >= 4 is 30.5 Å². The van der Waals surface area contributed by atoms with Gasteiger partial charge >= 0.3 is 43.0 Å². The van der Waals surface area contributed by atoms with E-state index in [0.29, 0.717) is 0 Å². The molecule has 0 unspecified atom stereocenters. The van der Waals surface area contributed by atoms with Gasteiger partial charge < -0.3 is 0 Å². The van der Waals surface area contributed by atoms with Crippen LogP contribution >= 0.6 is 24.4 Å². The van der Waals surface area contributed by atoms with E-state index in [-0.39, 0.29) is 18.5 Å². The molecule has 0 saturated heterocycles. The Morgan fingerprint density at radius 1 is 1.24 bits per heavy atom. The molecule has 0 spiro atoms. The summed E-state index contributed by atoms with van der Waals surface area (Å²) in [5.74, 6) is 0. The van der Waals surface area contributed by atoms with Crippen LogP contribution < -0.4 is 0 Å². The number of hydrogen-bond acceptors (Lipinski definition) is 0. The molecule has 0 amide bonds. The van der Waals surface area contributed by atoms with E-state index in [1.54, 1.807) is 5.56 Å². The van der Waals surface area contributed by atoms with E-state index in [2.05, 4.69) is 63.4 Å². The van der Waals surface area contributed by atoms with Crippen molar-refractivity contribution in [3.05, 3.63) is 40.0 Å². The zero-order valence-corrected chi connectivity index (χ0v) is 16.2. The summed E-state index contributed by atoms with van der Waals surface area (Å²) in [5, 5.41) is 0. The molecule has 1 aliphatic carbocycles. The van der Waals surface area contributed by atoms with Gasteiger partial charge in [-0.15, -0.1) is 0 Å². The molecule has 92 valence electrons. The number of hydrogen-bond donors (Lipinski definition) is 0. The molecule has 0 aromatic heterocycles. The first-order valence-electron chi connectivity index (χ1n) is 5.88. The summed E-state index contributed by atoms with van der Waals surface area (Å²) >= 11 is 6.32. The fraction of sp³-hybridized carbons (Fsp3) is 0.429. The van der Waals surface area contributed by atoms with E-state index in [1.165, 1.54) is 41.5 Å². The number of aryl methyl sites for hydroxylation is 2. The molecule has 0 fully saturated rings. The monoisotopic (exact) mass is 434 g/mol. The summed E-state index contributed by atoms with van der Waals surface area (Å²) in [4.78, 5) is 0. The zero-order valence-electron chi connectivity index (χ0n) is 10.6. The zero-order chi connectivity index (χ0) is 12.8. The summed E-state index contributed by atoms with van der Waals surface area (Å²) in [7, 11) is 0. The minimum atomic E-state index is -0.145.